The first-order valence-electron chi connectivity index (χ1n) is 5.72. The van der Waals surface area contributed by atoms with E-state index < -0.39 is 0 Å². The Morgan fingerprint density at radius 2 is 2.07 bits per heavy atom. The van der Waals surface area contributed by atoms with Crippen LogP contribution in [0.15, 0.2) is 18.2 Å². The summed E-state index contributed by atoms with van der Waals surface area (Å²) in [6.07, 6.45) is 5.33. The van der Waals surface area contributed by atoms with Gasteiger partial charge in [-0.3, -0.25) is 0 Å². The lowest BCUT2D eigenvalue weighted by atomic mass is 9.83. The summed E-state index contributed by atoms with van der Waals surface area (Å²) in [7, 11) is 0. The Bertz CT molecular complexity index is 388. The lowest BCUT2D eigenvalue weighted by molar-refractivity contribution is 0.397. The summed E-state index contributed by atoms with van der Waals surface area (Å²) in [5, 5.41) is 10.6. The van der Waals surface area contributed by atoms with Crippen molar-refractivity contribution in [2.24, 2.45) is 11.8 Å². The van der Waals surface area contributed by atoms with Gasteiger partial charge in [0.15, 0.2) is 0 Å². The van der Waals surface area contributed by atoms with E-state index in [2.05, 4.69) is 0 Å². The summed E-state index contributed by atoms with van der Waals surface area (Å²) in [6.45, 7) is 0. The highest BCUT2D eigenvalue weighted by Gasteiger charge is 2.40. The molecule has 3 unspecified atom stereocenters. The fourth-order valence-corrected chi connectivity index (χ4v) is 3.63. The Kier molecular flexibility index (Phi) is 2.17. The Balaban J connectivity index is 1.96. The number of phenols is 1. The predicted molar refractivity (Wildman–Crippen MR) is 61.3 cm³/mol. The fraction of sp³-hybridized carbons (Fsp3) is 0.538. The van der Waals surface area contributed by atoms with Crippen LogP contribution in [-0.4, -0.2) is 5.11 Å². The molecule has 1 N–H and O–H groups in total. The van der Waals surface area contributed by atoms with Crippen molar-refractivity contribution in [3.63, 3.8) is 0 Å². The van der Waals surface area contributed by atoms with Crippen LogP contribution in [-0.2, 0) is 0 Å². The lowest BCUT2D eigenvalue weighted by Gasteiger charge is -2.22. The molecule has 2 bridgehead atoms. The maximum Gasteiger partial charge on any atom is 0.119 e. The molecule has 15 heavy (non-hydrogen) atoms. The fourth-order valence-electron chi connectivity index (χ4n) is 3.45. The quantitative estimate of drug-likeness (QED) is 0.763. The van der Waals surface area contributed by atoms with Gasteiger partial charge in [-0.2, -0.15) is 0 Å². The number of rotatable bonds is 1. The molecular weight excluding hydrogens is 208 g/mol. The Morgan fingerprint density at radius 3 is 2.73 bits per heavy atom. The molecule has 0 heterocycles. The summed E-state index contributed by atoms with van der Waals surface area (Å²) < 4.78 is 0. The van der Waals surface area contributed by atoms with Gasteiger partial charge in [0.1, 0.15) is 5.75 Å². The zero-order valence-electron chi connectivity index (χ0n) is 8.62. The first-order valence-corrected chi connectivity index (χ1v) is 6.10. The van der Waals surface area contributed by atoms with Crippen LogP contribution in [0.25, 0.3) is 0 Å². The van der Waals surface area contributed by atoms with Crippen molar-refractivity contribution in [3.05, 3.63) is 28.8 Å². The highest BCUT2D eigenvalue weighted by molar-refractivity contribution is 6.30. The van der Waals surface area contributed by atoms with Crippen LogP contribution in [0.5, 0.6) is 5.75 Å². The van der Waals surface area contributed by atoms with E-state index in [9.17, 15) is 5.11 Å². The average Bonchev–Trinajstić information content (AvgIpc) is 2.83. The summed E-state index contributed by atoms with van der Waals surface area (Å²) in [5.74, 6) is 2.68. The molecule has 1 aromatic carbocycles. The van der Waals surface area contributed by atoms with E-state index in [1.165, 1.54) is 25.7 Å². The maximum absolute atomic E-state index is 9.86. The van der Waals surface area contributed by atoms with Crippen molar-refractivity contribution in [1.29, 1.82) is 0 Å². The zero-order chi connectivity index (χ0) is 10.4. The van der Waals surface area contributed by atoms with Crippen LogP contribution in [0.1, 0.15) is 37.2 Å². The summed E-state index contributed by atoms with van der Waals surface area (Å²) in [5.41, 5.74) is 1.08. The molecule has 3 rings (SSSR count). The van der Waals surface area contributed by atoms with Gasteiger partial charge >= 0.3 is 0 Å². The topological polar surface area (TPSA) is 20.2 Å². The zero-order valence-corrected chi connectivity index (χ0v) is 9.37. The van der Waals surface area contributed by atoms with E-state index >= 15 is 0 Å². The Morgan fingerprint density at radius 1 is 1.20 bits per heavy atom. The van der Waals surface area contributed by atoms with Crippen LogP contribution >= 0.6 is 11.6 Å². The normalized spacial score (nSPS) is 33.5. The molecule has 2 heteroatoms. The molecule has 0 spiro atoms. The molecule has 3 atom stereocenters. The third kappa shape index (κ3) is 1.53. The number of fused-ring (bicyclic) bond motifs is 2. The van der Waals surface area contributed by atoms with Gasteiger partial charge in [-0.1, -0.05) is 18.0 Å². The molecule has 2 fully saturated rings. The molecule has 0 aliphatic heterocycles. The monoisotopic (exact) mass is 222 g/mol. The summed E-state index contributed by atoms with van der Waals surface area (Å²) in [4.78, 5) is 0. The van der Waals surface area contributed by atoms with Gasteiger partial charge in [0, 0.05) is 5.02 Å². The second-order valence-electron chi connectivity index (χ2n) is 4.98. The number of aromatic hydroxyl groups is 1. The number of halogens is 1. The first kappa shape index (κ1) is 9.53. The van der Waals surface area contributed by atoms with Crippen LogP contribution in [0.3, 0.4) is 0 Å². The molecule has 0 saturated heterocycles. The van der Waals surface area contributed by atoms with E-state index in [4.69, 9.17) is 11.6 Å². The minimum absolute atomic E-state index is 0.428. The SMILES string of the molecule is Oc1ccc(Cl)cc1C1CC2CCC1C2. The molecule has 2 aliphatic carbocycles. The maximum atomic E-state index is 9.86. The standard InChI is InChI=1S/C13H15ClO/c14-10-3-4-13(15)12(7-10)11-6-8-1-2-9(11)5-8/h3-4,7-9,11,15H,1-2,5-6H2. The molecule has 1 nitrogen and oxygen atoms in total. The predicted octanol–water partition coefficient (Wildman–Crippen LogP) is 3.95. The van der Waals surface area contributed by atoms with Crippen molar-refractivity contribution in [1.82, 2.24) is 0 Å². The Labute approximate surface area is 95.1 Å². The van der Waals surface area contributed by atoms with Crippen LogP contribution in [0, 0.1) is 11.8 Å². The molecule has 0 amide bonds. The lowest BCUT2D eigenvalue weighted by Crippen LogP contribution is -2.08. The van der Waals surface area contributed by atoms with E-state index in [0.29, 0.717) is 11.7 Å². The van der Waals surface area contributed by atoms with Crippen molar-refractivity contribution in [2.45, 2.75) is 31.6 Å². The van der Waals surface area contributed by atoms with Crippen molar-refractivity contribution in [2.75, 3.05) is 0 Å². The van der Waals surface area contributed by atoms with E-state index in [0.717, 1.165) is 22.4 Å². The smallest absolute Gasteiger partial charge is 0.119 e. The molecule has 0 aromatic heterocycles. The van der Waals surface area contributed by atoms with E-state index in [-0.39, 0.29) is 0 Å². The third-order valence-corrected chi connectivity index (χ3v) is 4.36. The Hall–Kier alpha value is -0.690. The van der Waals surface area contributed by atoms with Gasteiger partial charge in [0.25, 0.3) is 0 Å². The first-order chi connectivity index (χ1) is 7.24. The van der Waals surface area contributed by atoms with Gasteiger partial charge in [-0.25, -0.2) is 0 Å². The van der Waals surface area contributed by atoms with Gasteiger partial charge in [0.05, 0.1) is 0 Å². The van der Waals surface area contributed by atoms with Crippen molar-refractivity contribution in [3.8, 4) is 5.75 Å². The van der Waals surface area contributed by atoms with Gasteiger partial charge in [-0.05, 0) is 60.8 Å². The summed E-state index contributed by atoms with van der Waals surface area (Å²) in [6, 6.07) is 5.43. The second-order valence-corrected chi connectivity index (χ2v) is 5.42. The van der Waals surface area contributed by atoms with E-state index in [1.807, 2.05) is 6.07 Å². The third-order valence-electron chi connectivity index (χ3n) is 4.13. The average molecular weight is 223 g/mol. The molecule has 2 aliphatic rings. The van der Waals surface area contributed by atoms with Crippen LogP contribution < -0.4 is 0 Å². The molecule has 80 valence electrons. The van der Waals surface area contributed by atoms with Crippen molar-refractivity contribution >= 4 is 11.6 Å². The summed E-state index contributed by atoms with van der Waals surface area (Å²) >= 11 is 5.99. The van der Waals surface area contributed by atoms with Gasteiger partial charge in [0.2, 0.25) is 0 Å². The number of benzene rings is 1. The number of phenolic OH excluding ortho intramolecular Hbond substituents is 1. The van der Waals surface area contributed by atoms with Gasteiger partial charge in [-0.15, -0.1) is 0 Å². The minimum atomic E-state index is 0.428. The minimum Gasteiger partial charge on any atom is -0.508 e. The largest absolute Gasteiger partial charge is 0.508 e. The highest BCUT2D eigenvalue weighted by Crippen LogP contribution is 2.54. The highest BCUT2D eigenvalue weighted by atomic mass is 35.5. The van der Waals surface area contributed by atoms with Crippen LogP contribution in [0.2, 0.25) is 5.02 Å². The molecular formula is C13H15ClO. The second kappa shape index (κ2) is 3.41. The van der Waals surface area contributed by atoms with Gasteiger partial charge < -0.3 is 5.11 Å². The number of hydrogen-bond donors (Lipinski definition) is 1. The molecule has 0 radical (unpaired) electrons. The number of hydrogen-bond acceptors (Lipinski definition) is 1. The van der Waals surface area contributed by atoms with Crippen LogP contribution in [0.4, 0.5) is 0 Å². The van der Waals surface area contributed by atoms with Crippen molar-refractivity contribution < 1.29 is 5.11 Å². The van der Waals surface area contributed by atoms with E-state index in [1.54, 1.807) is 12.1 Å². The molecule has 2 saturated carbocycles. The molecule has 1 aromatic rings.